The highest BCUT2D eigenvalue weighted by molar-refractivity contribution is 5.99. The van der Waals surface area contributed by atoms with E-state index in [2.05, 4.69) is 10.2 Å². The van der Waals surface area contributed by atoms with Gasteiger partial charge in [-0.15, -0.1) is 0 Å². The van der Waals surface area contributed by atoms with Crippen LogP contribution in [-0.4, -0.2) is 32.7 Å². The first-order valence-corrected chi connectivity index (χ1v) is 10.1. The molecule has 0 saturated heterocycles. The molecule has 5 rings (SSSR count). The van der Waals surface area contributed by atoms with Crippen molar-refractivity contribution in [3.8, 4) is 22.6 Å². The van der Waals surface area contributed by atoms with E-state index in [1.807, 2.05) is 72.8 Å². The first-order chi connectivity index (χ1) is 15.2. The number of carbonyl (C=O) groups is 1. The molecule has 1 aliphatic heterocycles. The Kier molecular flexibility index (Phi) is 4.98. The molecular formula is C25H21N3O3. The second-order valence-electron chi connectivity index (χ2n) is 7.48. The minimum Gasteiger partial charge on any atom is -0.457 e. The van der Waals surface area contributed by atoms with Crippen molar-refractivity contribution < 1.29 is 14.6 Å². The van der Waals surface area contributed by atoms with Gasteiger partial charge >= 0.3 is 0 Å². The number of nitrogens with one attached hydrogen (secondary N) is 1. The molecule has 0 fully saturated rings. The van der Waals surface area contributed by atoms with Gasteiger partial charge in [0, 0.05) is 23.9 Å². The second kappa shape index (κ2) is 8.08. The predicted molar refractivity (Wildman–Crippen MR) is 117 cm³/mol. The molecule has 0 radical (unpaired) electrons. The Morgan fingerprint density at radius 2 is 1.84 bits per heavy atom. The lowest BCUT2D eigenvalue weighted by atomic mass is 10.0. The van der Waals surface area contributed by atoms with Crippen molar-refractivity contribution in [2.24, 2.45) is 0 Å². The lowest BCUT2D eigenvalue weighted by Crippen LogP contribution is -2.31. The van der Waals surface area contributed by atoms with Gasteiger partial charge in [0.2, 0.25) is 0 Å². The van der Waals surface area contributed by atoms with Crippen molar-refractivity contribution in [1.29, 1.82) is 0 Å². The standard InChI is InChI=1S/C25H21N3O3/c29-16-24(18-5-4-8-22(11-18)31-21-6-2-1-3-7-21)28-15-19-10-9-17(12-23(19)25(28)30)20-13-26-27-14-20/h1-14,24,29H,15-16H2,(H,26,27). The fourth-order valence-corrected chi connectivity index (χ4v) is 3.96. The zero-order chi connectivity index (χ0) is 21.2. The van der Waals surface area contributed by atoms with Gasteiger partial charge in [0.1, 0.15) is 11.5 Å². The van der Waals surface area contributed by atoms with Crippen LogP contribution < -0.4 is 4.74 Å². The van der Waals surface area contributed by atoms with Crippen LogP contribution in [0.1, 0.15) is 27.5 Å². The summed E-state index contributed by atoms with van der Waals surface area (Å²) >= 11 is 0. The van der Waals surface area contributed by atoms with Gasteiger partial charge in [0.05, 0.1) is 18.8 Å². The number of hydrogen-bond donors (Lipinski definition) is 2. The molecule has 0 bridgehead atoms. The molecule has 3 aromatic carbocycles. The topological polar surface area (TPSA) is 78.5 Å². The number of H-pyrrole nitrogens is 1. The molecular weight excluding hydrogens is 390 g/mol. The van der Waals surface area contributed by atoms with Crippen LogP contribution in [0, 0.1) is 0 Å². The molecule has 31 heavy (non-hydrogen) atoms. The third-order valence-electron chi connectivity index (χ3n) is 5.54. The number of aliphatic hydroxyl groups is 1. The average Bonchev–Trinajstić information content (AvgIpc) is 3.44. The van der Waals surface area contributed by atoms with E-state index in [0.717, 1.165) is 28.0 Å². The number of hydrogen-bond acceptors (Lipinski definition) is 4. The van der Waals surface area contributed by atoms with Crippen molar-refractivity contribution in [1.82, 2.24) is 15.1 Å². The first kappa shape index (κ1) is 19.1. The summed E-state index contributed by atoms with van der Waals surface area (Å²) in [6, 6.07) is 22.4. The van der Waals surface area contributed by atoms with Gasteiger partial charge in [-0.05, 0) is 47.0 Å². The minimum atomic E-state index is -0.461. The van der Waals surface area contributed by atoms with Crippen molar-refractivity contribution in [2.75, 3.05) is 6.61 Å². The van der Waals surface area contributed by atoms with Crippen LogP contribution in [0.25, 0.3) is 11.1 Å². The maximum atomic E-state index is 13.2. The van der Waals surface area contributed by atoms with Crippen molar-refractivity contribution >= 4 is 5.91 Å². The Morgan fingerprint density at radius 3 is 2.61 bits per heavy atom. The maximum absolute atomic E-state index is 13.2. The van der Waals surface area contributed by atoms with Crippen molar-refractivity contribution in [3.63, 3.8) is 0 Å². The third-order valence-corrected chi connectivity index (χ3v) is 5.54. The number of nitrogens with zero attached hydrogens (tertiary/aromatic N) is 2. The maximum Gasteiger partial charge on any atom is 0.255 e. The Labute approximate surface area is 179 Å². The Morgan fingerprint density at radius 1 is 1.00 bits per heavy atom. The van der Waals surface area contributed by atoms with E-state index in [-0.39, 0.29) is 12.5 Å². The summed E-state index contributed by atoms with van der Waals surface area (Å²) in [4.78, 5) is 14.9. The van der Waals surface area contributed by atoms with E-state index in [4.69, 9.17) is 4.74 Å². The van der Waals surface area contributed by atoms with Gasteiger partial charge in [0.25, 0.3) is 5.91 Å². The number of aromatic nitrogens is 2. The second-order valence-corrected chi connectivity index (χ2v) is 7.48. The van der Waals surface area contributed by atoms with Crippen molar-refractivity contribution in [2.45, 2.75) is 12.6 Å². The van der Waals surface area contributed by atoms with Crippen LogP contribution in [0.3, 0.4) is 0 Å². The van der Waals surface area contributed by atoms with Crippen LogP contribution in [0.2, 0.25) is 0 Å². The molecule has 6 nitrogen and oxygen atoms in total. The Bertz CT molecular complexity index is 1210. The van der Waals surface area contributed by atoms with Crippen LogP contribution in [0.15, 0.2) is 85.2 Å². The van der Waals surface area contributed by atoms with E-state index < -0.39 is 6.04 Å². The van der Waals surface area contributed by atoms with Crippen LogP contribution >= 0.6 is 0 Å². The van der Waals surface area contributed by atoms with Crippen LogP contribution in [-0.2, 0) is 6.54 Å². The summed E-state index contributed by atoms with van der Waals surface area (Å²) in [6.45, 7) is 0.276. The van der Waals surface area contributed by atoms with Gasteiger partial charge < -0.3 is 14.7 Å². The highest BCUT2D eigenvalue weighted by Gasteiger charge is 2.33. The summed E-state index contributed by atoms with van der Waals surface area (Å²) in [5.41, 5.74) is 4.30. The number of aliphatic hydroxyl groups excluding tert-OH is 1. The fraction of sp³-hybridized carbons (Fsp3) is 0.120. The van der Waals surface area contributed by atoms with Crippen molar-refractivity contribution in [3.05, 3.63) is 102 Å². The zero-order valence-electron chi connectivity index (χ0n) is 16.7. The zero-order valence-corrected chi connectivity index (χ0v) is 16.7. The highest BCUT2D eigenvalue weighted by atomic mass is 16.5. The molecule has 1 aromatic heterocycles. The fourth-order valence-electron chi connectivity index (χ4n) is 3.96. The number of carbonyl (C=O) groups excluding carboxylic acids is 1. The lowest BCUT2D eigenvalue weighted by Gasteiger charge is -2.26. The lowest BCUT2D eigenvalue weighted by molar-refractivity contribution is 0.0615. The number of rotatable bonds is 6. The monoisotopic (exact) mass is 411 g/mol. The summed E-state index contributed by atoms with van der Waals surface area (Å²) in [6.07, 6.45) is 3.53. The van der Waals surface area contributed by atoms with E-state index in [0.29, 0.717) is 17.9 Å². The quantitative estimate of drug-likeness (QED) is 0.488. The molecule has 154 valence electrons. The first-order valence-electron chi connectivity index (χ1n) is 10.1. The minimum absolute atomic E-state index is 0.0891. The molecule has 0 aliphatic carbocycles. The number of fused-ring (bicyclic) bond motifs is 1. The molecule has 4 aromatic rings. The normalized spacial score (nSPS) is 13.8. The van der Waals surface area contributed by atoms with Gasteiger partial charge in [-0.1, -0.05) is 42.5 Å². The molecule has 1 atom stereocenters. The van der Waals surface area contributed by atoms with Gasteiger partial charge in [0.15, 0.2) is 0 Å². The smallest absolute Gasteiger partial charge is 0.255 e. The molecule has 1 amide bonds. The van der Waals surface area contributed by atoms with Crippen LogP contribution in [0.5, 0.6) is 11.5 Å². The number of amides is 1. The Hall–Kier alpha value is -3.90. The van der Waals surface area contributed by atoms with E-state index >= 15 is 0 Å². The molecule has 1 unspecified atom stereocenters. The number of benzene rings is 3. The van der Waals surface area contributed by atoms with Gasteiger partial charge in [-0.2, -0.15) is 5.10 Å². The van der Waals surface area contributed by atoms with E-state index in [9.17, 15) is 9.90 Å². The number of ether oxygens (including phenoxy) is 1. The molecule has 2 N–H and O–H groups in total. The highest BCUT2D eigenvalue weighted by Crippen LogP contribution is 2.35. The van der Waals surface area contributed by atoms with E-state index in [1.165, 1.54) is 0 Å². The van der Waals surface area contributed by atoms with Crippen LogP contribution in [0.4, 0.5) is 0 Å². The summed E-state index contributed by atoms with van der Waals surface area (Å²) in [5.74, 6) is 1.30. The SMILES string of the molecule is O=C1c2cc(-c3cn[nH]c3)ccc2CN1C(CO)c1cccc(Oc2ccccc2)c1. The summed E-state index contributed by atoms with van der Waals surface area (Å²) in [7, 11) is 0. The molecule has 2 heterocycles. The summed E-state index contributed by atoms with van der Waals surface area (Å²) in [5, 5.41) is 17.0. The molecule has 1 aliphatic rings. The average molecular weight is 411 g/mol. The third kappa shape index (κ3) is 3.69. The number of para-hydroxylation sites is 1. The number of aromatic amines is 1. The van der Waals surface area contributed by atoms with E-state index in [1.54, 1.807) is 17.3 Å². The summed E-state index contributed by atoms with van der Waals surface area (Å²) < 4.78 is 5.93. The predicted octanol–water partition coefficient (Wildman–Crippen LogP) is 4.56. The van der Waals surface area contributed by atoms with Gasteiger partial charge in [-0.25, -0.2) is 0 Å². The Balaban J connectivity index is 1.41. The molecule has 0 saturated carbocycles. The molecule has 0 spiro atoms. The largest absolute Gasteiger partial charge is 0.457 e. The molecule has 6 heteroatoms. The van der Waals surface area contributed by atoms with Gasteiger partial charge in [-0.3, -0.25) is 9.89 Å².